The molecule has 0 N–H and O–H groups in total. The van der Waals surface area contributed by atoms with Crippen LogP contribution in [0.25, 0.3) is 0 Å². The zero-order chi connectivity index (χ0) is 22.5. The molecule has 31 heavy (non-hydrogen) atoms. The molecule has 0 aliphatic carbocycles. The average molecular weight is 435 g/mol. The lowest BCUT2D eigenvalue weighted by Crippen LogP contribution is -2.41. The molecule has 4 atom stereocenters. The van der Waals surface area contributed by atoms with Gasteiger partial charge < -0.3 is 23.7 Å². The summed E-state index contributed by atoms with van der Waals surface area (Å²) in [5.74, 6) is -0.610. The van der Waals surface area contributed by atoms with E-state index in [9.17, 15) is 9.59 Å². The van der Waals surface area contributed by atoms with Crippen molar-refractivity contribution in [3.63, 3.8) is 0 Å². The Bertz CT molecular complexity index is 688. The highest BCUT2D eigenvalue weighted by atomic mass is 16.7. The van der Waals surface area contributed by atoms with Crippen molar-refractivity contribution in [2.24, 2.45) is 0 Å². The molecule has 1 aromatic rings. The maximum absolute atomic E-state index is 12.1. The molecule has 1 aliphatic rings. The molecule has 1 aliphatic heterocycles. The molecule has 1 fully saturated rings. The van der Waals surface area contributed by atoms with Crippen molar-refractivity contribution < 1.29 is 33.3 Å². The summed E-state index contributed by atoms with van der Waals surface area (Å²) in [5.41, 5.74) is 0.568. The van der Waals surface area contributed by atoms with Gasteiger partial charge in [-0.25, -0.2) is 4.79 Å². The molecule has 0 radical (unpaired) electrons. The van der Waals surface area contributed by atoms with Crippen LogP contribution in [0, 0.1) is 0 Å². The summed E-state index contributed by atoms with van der Waals surface area (Å²) in [7, 11) is 2.93. The van der Waals surface area contributed by atoms with Crippen LogP contribution < -0.4 is 0 Å². The SMILES string of the molecule is COCO[C@H]1CC[C@H](/C=C/CCC[C@H](C)OC(=O)c2ccccc2)O[C@H]1CC(=O)OC. The number of hydrogen-bond acceptors (Lipinski definition) is 7. The van der Waals surface area contributed by atoms with Crippen LogP contribution in [0.4, 0.5) is 0 Å². The third-order valence-corrected chi connectivity index (χ3v) is 5.15. The van der Waals surface area contributed by atoms with Gasteiger partial charge in [0.25, 0.3) is 0 Å². The van der Waals surface area contributed by atoms with E-state index in [0.29, 0.717) is 5.56 Å². The second-order valence-corrected chi connectivity index (χ2v) is 7.62. The summed E-state index contributed by atoms with van der Waals surface area (Å²) in [4.78, 5) is 23.8. The molecule has 0 bridgehead atoms. The first-order chi connectivity index (χ1) is 15.0. The van der Waals surface area contributed by atoms with Crippen LogP contribution in [0.15, 0.2) is 42.5 Å². The van der Waals surface area contributed by atoms with E-state index in [1.165, 1.54) is 7.11 Å². The zero-order valence-corrected chi connectivity index (χ0v) is 18.7. The van der Waals surface area contributed by atoms with Crippen molar-refractivity contribution in [2.45, 2.75) is 69.9 Å². The maximum Gasteiger partial charge on any atom is 0.338 e. The lowest BCUT2D eigenvalue weighted by molar-refractivity contribution is -0.174. The standard InChI is InChI=1S/C24H34O7/c1-18(30-24(26)19-11-7-5-8-12-19)10-6-4-9-13-20-14-15-21(29-17-27-2)22(31-20)16-23(25)28-3/h5,7-9,11-13,18,20-22H,4,6,10,14-17H2,1-3H3/b13-9+/t18-,20-,21-,22-/m0/s1. The first kappa shape index (κ1) is 25.0. The highest BCUT2D eigenvalue weighted by Gasteiger charge is 2.33. The van der Waals surface area contributed by atoms with E-state index in [0.717, 1.165) is 32.1 Å². The maximum atomic E-state index is 12.1. The van der Waals surface area contributed by atoms with Crippen LogP contribution in [0.3, 0.4) is 0 Å². The first-order valence-electron chi connectivity index (χ1n) is 10.8. The molecule has 2 rings (SSSR count). The Kier molecular flexibility index (Phi) is 11.3. The Morgan fingerprint density at radius 3 is 2.68 bits per heavy atom. The van der Waals surface area contributed by atoms with Gasteiger partial charge in [-0.05, 0) is 51.2 Å². The summed E-state index contributed by atoms with van der Waals surface area (Å²) >= 11 is 0. The Hall–Kier alpha value is -2.22. The number of methoxy groups -OCH3 is 2. The van der Waals surface area contributed by atoms with E-state index in [-0.39, 0.29) is 49.6 Å². The third kappa shape index (κ3) is 9.21. The Balaban J connectivity index is 1.71. The highest BCUT2D eigenvalue weighted by Crippen LogP contribution is 2.26. The molecule has 0 amide bonds. The Morgan fingerprint density at radius 2 is 1.97 bits per heavy atom. The van der Waals surface area contributed by atoms with Gasteiger partial charge in [-0.15, -0.1) is 0 Å². The summed E-state index contributed by atoms with van der Waals surface area (Å²) < 4.78 is 26.9. The minimum atomic E-state index is -0.358. The van der Waals surface area contributed by atoms with Crippen LogP contribution in [0.1, 0.15) is 55.8 Å². The molecule has 0 saturated carbocycles. The predicted octanol–water partition coefficient (Wildman–Crippen LogP) is 4.06. The van der Waals surface area contributed by atoms with E-state index in [1.54, 1.807) is 19.2 Å². The molecule has 7 nitrogen and oxygen atoms in total. The largest absolute Gasteiger partial charge is 0.469 e. The first-order valence-corrected chi connectivity index (χ1v) is 10.8. The van der Waals surface area contributed by atoms with Crippen LogP contribution in [-0.2, 0) is 28.5 Å². The lowest BCUT2D eigenvalue weighted by Gasteiger charge is -2.34. The van der Waals surface area contributed by atoms with E-state index in [1.807, 2.05) is 31.2 Å². The van der Waals surface area contributed by atoms with Gasteiger partial charge in [0.1, 0.15) is 6.79 Å². The van der Waals surface area contributed by atoms with Crippen LogP contribution >= 0.6 is 0 Å². The molecule has 7 heteroatoms. The van der Waals surface area contributed by atoms with Gasteiger partial charge in [0.05, 0.1) is 43.5 Å². The Labute approximate surface area is 184 Å². The van der Waals surface area contributed by atoms with Crippen molar-refractivity contribution in [3.05, 3.63) is 48.0 Å². The fourth-order valence-corrected chi connectivity index (χ4v) is 3.46. The quantitative estimate of drug-likeness (QED) is 0.212. The van der Waals surface area contributed by atoms with Gasteiger partial charge in [-0.2, -0.15) is 0 Å². The third-order valence-electron chi connectivity index (χ3n) is 5.15. The number of esters is 2. The van der Waals surface area contributed by atoms with E-state index < -0.39 is 0 Å². The normalized spacial score (nSPS) is 22.2. The van der Waals surface area contributed by atoms with Crippen molar-refractivity contribution in [1.82, 2.24) is 0 Å². The van der Waals surface area contributed by atoms with Crippen LogP contribution in [0.5, 0.6) is 0 Å². The van der Waals surface area contributed by atoms with Crippen molar-refractivity contribution in [1.29, 1.82) is 0 Å². The monoisotopic (exact) mass is 434 g/mol. The molecular weight excluding hydrogens is 400 g/mol. The lowest BCUT2D eigenvalue weighted by atomic mass is 9.98. The molecule has 0 aromatic heterocycles. The van der Waals surface area contributed by atoms with Crippen LogP contribution in [0.2, 0.25) is 0 Å². The van der Waals surface area contributed by atoms with Gasteiger partial charge in [-0.3, -0.25) is 4.79 Å². The molecule has 1 heterocycles. The van der Waals surface area contributed by atoms with Crippen molar-refractivity contribution in [2.75, 3.05) is 21.0 Å². The smallest absolute Gasteiger partial charge is 0.338 e. The number of rotatable bonds is 12. The fourth-order valence-electron chi connectivity index (χ4n) is 3.46. The van der Waals surface area contributed by atoms with Gasteiger partial charge >= 0.3 is 11.9 Å². The summed E-state index contributed by atoms with van der Waals surface area (Å²) in [6, 6.07) is 9.01. The molecule has 1 aromatic carbocycles. The summed E-state index contributed by atoms with van der Waals surface area (Å²) in [5, 5.41) is 0. The van der Waals surface area contributed by atoms with Crippen LogP contribution in [-0.4, -0.2) is 57.4 Å². The highest BCUT2D eigenvalue weighted by molar-refractivity contribution is 5.89. The van der Waals surface area contributed by atoms with E-state index in [4.69, 9.17) is 23.7 Å². The Morgan fingerprint density at radius 1 is 1.19 bits per heavy atom. The van der Waals surface area contributed by atoms with Gasteiger partial charge in [0, 0.05) is 7.11 Å². The van der Waals surface area contributed by atoms with E-state index in [2.05, 4.69) is 6.08 Å². The molecule has 1 saturated heterocycles. The number of ether oxygens (including phenoxy) is 5. The van der Waals surface area contributed by atoms with Crippen molar-refractivity contribution >= 4 is 11.9 Å². The number of allylic oxidation sites excluding steroid dienone is 1. The molecule has 0 spiro atoms. The van der Waals surface area contributed by atoms with Gasteiger partial charge in [0.2, 0.25) is 0 Å². The second-order valence-electron chi connectivity index (χ2n) is 7.62. The molecule has 172 valence electrons. The fraction of sp³-hybridized carbons (Fsp3) is 0.583. The summed E-state index contributed by atoms with van der Waals surface area (Å²) in [6.07, 6.45) is 7.66. The number of unbranched alkanes of at least 4 members (excludes halogenated alkanes) is 1. The predicted molar refractivity (Wildman–Crippen MR) is 116 cm³/mol. The number of benzene rings is 1. The number of hydrogen-bond donors (Lipinski definition) is 0. The average Bonchev–Trinajstić information content (AvgIpc) is 2.78. The molecule has 0 unspecified atom stereocenters. The van der Waals surface area contributed by atoms with Gasteiger partial charge in [-0.1, -0.05) is 30.4 Å². The minimum Gasteiger partial charge on any atom is -0.469 e. The van der Waals surface area contributed by atoms with E-state index >= 15 is 0 Å². The van der Waals surface area contributed by atoms with Crippen molar-refractivity contribution in [3.8, 4) is 0 Å². The summed E-state index contributed by atoms with van der Waals surface area (Å²) in [6.45, 7) is 2.08. The van der Waals surface area contributed by atoms with Gasteiger partial charge in [0.15, 0.2) is 0 Å². The minimum absolute atomic E-state index is 0.0645. The molecular formula is C24H34O7. The topological polar surface area (TPSA) is 80.3 Å². The second kappa shape index (κ2) is 14.0. The zero-order valence-electron chi connectivity index (χ0n) is 18.7. The number of carbonyl (C=O) groups is 2. The number of carbonyl (C=O) groups excluding carboxylic acids is 2.